The minimum Gasteiger partial charge on any atom is -0.493 e. The number of hydrogen-bond donors (Lipinski definition) is 2. The summed E-state index contributed by atoms with van der Waals surface area (Å²) in [6.45, 7) is 0.404. The molecule has 0 heterocycles. The van der Waals surface area contributed by atoms with E-state index in [1.54, 1.807) is 37.4 Å². The fourth-order valence-electron chi connectivity index (χ4n) is 4.03. The molecule has 0 aliphatic carbocycles. The Bertz CT molecular complexity index is 1150. The quantitative estimate of drug-likeness (QED) is 0.345. The Morgan fingerprint density at radius 1 is 0.889 bits per heavy atom. The van der Waals surface area contributed by atoms with Crippen LogP contribution in [0.25, 0.3) is 0 Å². The van der Waals surface area contributed by atoms with E-state index in [9.17, 15) is 18.0 Å². The molecule has 0 radical (unpaired) electrons. The molecular weight excluding hydrogens is 493 g/mol. The van der Waals surface area contributed by atoms with Gasteiger partial charge in [-0.25, -0.2) is 0 Å². The molecule has 0 aliphatic rings. The maximum Gasteiger partial charge on any atom is 0.416 e. The number of methoxy groups -OCH3 is 2. The van der Waals surface area contributed by atoms with Gasteiger partial charge in [0.05, 0.1) is 19.8 Å². The zero-order chi connectivity index (χ0) is 26.3. The SMILES string of the molecule is CNC(=O)[C@H](NCC[C@H](c1ccc(C(F)(F)F)cc1)c1ccc(OC)c(OC)c1)c1ccc(Cl)cc1. The summed E-state index contributed by atoms with van der Waals surface area (Å²) in [4.78, 5) is 12.6. The lowest BCUT2D eigenvalue weighted by molar-refractivity contribution is -0.137. The molecule has 36 heavy (non-hydrogen) atoms. The van der Waals surface area contributed by atoms with E-state index in [4.69, 9.17) is 21.1 Å². The van der Waals surface area contributed by atoms with Crippen LogP contribution in [0.2, 0.25) is 5.02 Å². The third-order valence-corrected chi connectivity index (χ3v) is 6.20. The van der Waals surface area contributed by atoms with Crippen LogP contribution in [-0.4, -0.2) is 33.7 Å². The van der Waals surface area contributed by atoms with E-state index in [0.717, 1.165) is 23.3 Å². The number of carbonyl (C=O) groups is 1. The topological polar surface area (TPSA) is 59.6 Å². The number of carbonyl (C=O) groups excluding carboxylic acids is 1. The van der Waals surface area contributed by atoms with E-state index in [1.807, 2.05) is 12.1 Å². The maximum atomic E-state index is 13.1. The van der Waals surface area contributed by atoms with Gasteiger partial charge in [-0.1, -0.05) is 41.9 Å². The molecule has 192 valence electrons. The summed E-state index contributed by atoms with van der Waals surface area (Å²) in [5.41, 5.74) is 1.59. The van der Waals surface area contributed by atoms with Crippen LogP contribution in [0.1, 0.15) is 40.6 Å². The largest absolute Gasteiger partial charge is 0.493 e. The highest BCUT2D eigenvalue weighted by Gasteiger charge is 2.30. The molecule has 0 aromatic heterocycles. The van der Waals surface area contributed by atoms with Gasteiger partial charge in [-0.15, -0.1) is 0 Å². The van der Waals surface area contributed by atoms with Crippen molar-refractivity contribution < 1.29 is 27.4 Å². The molecule has 2 N–H and O–H groups in total. The van der Waals surface area contributed by atoms with Crippen LogP contribution in [0.15, 0.2) is 66.7 Å². The number of ether oxygens (including phenoxy) is 2. The molecule has 1 amide bonds. The van der Waals surface area contributed by atoms with E-state index in [2.05, 4.69) is 10.6 Å². The van der Waals surface area contributed by atoms with Crippen molar-refractivity contribution in [2.24, 2.45) is 0 Å². The minimum absolute atomic E-state index is 0.213. The van der Waals surface area contributed by atoms with Gasteiger partial charge in [0, 0.05) is 18.0 Å². The summed E-state index contributed by atoms with van der Waals surface area (Å²) in [7, 11) is 4.61. The lowest BCUT2D eigenvalue weighted by Crippen LogP contribution is -2.36. The van der Waals surface area contributed by atoms with Crippen molar-refractivity contribution in [3.63, 3.8) is 0 Å². The first-order valence-corrected chi connectivity index (χ1v) is 11.6. The highest BCUT2D eigenvalue weighted by Crippen LogP contribution is 2.36. The first-order valence-electron chi connectivity index (χ1n) is 11.3. The molecule has 0 spiro atoms. The molecule has 3 aromatic rings. The highest BCUT2D eigenvalue weighted by molar-refractivity contribution is 6.30. The van der Waals surface area contributed by atoms with Gasteiger partial charge in [0.25, 0.3) is 0 Å². The predicted molar refractivity (Wildman–Crippen MR) is 134 cm³/mol. The molecule has 0 bridgehead atoms. The molecular formula is C27H28ClF3N2O3. The molecule has 3 aromatic carbocycles. The zero-order valence-corrected chi connectivity index (χ0v) is 20.9. The van der Waals surface area contributed by atoms with Crippen LogP contribution >= 0.6 is 11.6 Å². The smallest absolute Gasteiger partial charge is 0.416 e. The van der Waals surface area contributed by atoms with Gasteiger partial charge in [0.1, 0.15) is 6.04 Å². The molecule has 5 nitrogen and oxygen atoms in total. The Balaban J connectivity index is 1.89. The molecule has 0 fully saturated rings. The van der Waals surface area contributed by atoms with Crippen LogP contribution in [-0.2, 0) is 11.0 Å². The Morgan fingerprint density at radius 2 is 1.47 bits per heavy atom. The third-order valence-electron chi connectivity index (χ3n) is 5.94. The fourth-order valence-corrected chi connectivity index (χ4v) is 4.16. The maximum absolute atomic E-state index is 13.1. The van der Waals surface area contributed by atoms with E-state index < -0.39 is 17.8 Å². The standard InChI is InChI=1S/C27H28ClF3N2O3/c1-32-26(34)25(18-6-11-21(28)12-7-18)33-15-14-22(17-4-9-20(10-5-17)27(29,30)31)19-8-13-23(35-2)24(16-19)36-3/h4-13,16,22,25,33H,14-15H2,1-3H3,(H,32,34)/t22-,25-/m1/s1. The van der Waals surface area contributed by atoms with E-state index in [0.29, 0.717) is 35.1 Å². The van der Waals surface area contributed by atoms with Crippen molar-refractivity contribution in [1.82, 2.24) is 10.6 Å². The second-order valence-corrected chi connectivity index (χ2v) is 8.56. The molecule has 0 unspecified atom stereocenters. The van der Waals surface area contributed by atoms with Crippen LogP contribution in [0.4, 0.5) is 13.2 Å². The number of halogens is 4. The Labute approximate surface area is 213 Å². The molecule has 0 aliphatic heterocycles. The number of likely N-dealkylation sites (N-methyl/N-ethyl adjacent to an activating group) is 1. The van der Waals surface area contributed by atoms with Crippen LogP contribution < -0.4 is 20.1 Å². The average molecular weight is 521 g/mol. The second kappa shape index (κ2) is 12.1. The van der Waals surface area contributed by atoms with Crippen molar-refractivity contribution >= 4 is 17.5 Å². The van der Waals surface area contributed by atoms with Crippen molar-refractivity contribution in [2.45, 2.75) is 24.6 Å². The Kier molecular flexibility index (Phi) is 9.23. The number of rotatable bonds is 10. The van der Waals surface area contributed by atoms with Crippen molar-refractivity contribution in [2.75, 3.05) is 27.8 Å². The molecule has 3 rings (SSSR count). The van der Waals surface area contributed by atoms with E-state index >= 15 is 0 Å². The number of alkyl halides is 3. The Morgan fingerprint density at radius 3 is 2.03 bits per heavy atom. The summed E-state index contributed by atoms with van der Waals surface area (Å²) in [5.74, 6) is 0.585. The van der Waals surface area contributed by atoms with Gasteiger partial charge in [-0.3, -0.25) is 4.79 Å². The fraction of sp³-hybridized carbons (Fsp3) is 0.296. The summed E-state index contributed by atoms with van der Waals surface area (Å²) in [6.07, 6.45) is -3.92. The number of hydrogen-bond acceptors (Lipinski definition) is 4. The number of benzene rings is 3. The minimum atomic E-state index is -4.42. The summed E-state index contributed by atoms with van der Waals surface area (Å²) in [5, 5.41) is 6.49. The van der Waals surface area contributed by atoms with Gasteiger partial charge >= 0.3 is 6.18 Å². The van der Waals surface area contributed by atoms with Crippen molar-refractivity contribution in [3.8, 4) is 11.5 Å². The lowest BCUT2D eigenvalue weighted by atomic mass is 9.87. The van der Waals surface area contributed by atoms with Crippen LogP contribution in [0.3, 0.4) is 0 Å². The van der Waals surface area contributed by atoms with Gasteiger partial charge in [0.15, 0.2) is 11.5 Å². The van der Waals surface area contributed by atoms with Crippen molar-refractivity contribution in [1.29, 1.82) is 0 Å². The van der Waals surface area contributed by atoms with Crippen LogP contribution in [0, 0.1) is 0 Å². The number of nitrogens with one attached hydrogen (secondary N) is 2. The average Bonchev–Trinajstić information content (AvgIpc) is 2.88. The third kappa shape index (κ3) is 6.71. The van der Waals surface area contributed by atoms with Crippen LogP contribution in [0.5, 0.6) is 11.5 Å². The molecule has 2 atom stereocenters. The monoisotopic (exact) mass is 520 g/mol. The molecule has 0 saturated carbocycles. The van der Waals surface area contributed by atoms with E-state index in [1.165, 1.54) is 26.4 Å². The predicted octanol–water partition coefficient (Wildman–Crippen LogP) is 5.97. The van der Waals surface area contributed by atoms with Crippen molar-refractivity contribution in [3.05, 3.63) is 94.0 Å². The lowest BCUT2D eigenvalue weighted by Gasteiger charge is -2.23. The second-order valence-electron chi connectivity index (χ2n) is 8.13. The number of amides is 1. The van der Waals surface area contributed by atoms with E-state index in [-0.39, 0.29) is 11.8 Å². The summed E-state index contributed by atoms with van der Waals surface area (Å²) < 4.78 is 50.1. The van der Waals surface area contributed by atoms with Gasteiger partial charge < -0.3 is 20.1 Å². The highest BCUT2D eigenvalue weighted by atomic mass is 35.5. The van der Waals surface area contributed by atoms with Gasteiger partial charge in [-0.2, -0.15) is 13.2 Å². The van der Waals surface area contributed by atoms with Gasteiger partial charge in [0.2, 0.25) is 5.91 Å². The first-order chi connectivity index (χ1) is 17.2. The summed E-state index contributed by atoms with van der Waals surface area (Å²) >= 11 is 5.99. The molecule has 9 heteroatoms. The summed E-state index contributed by atoms with van der Waals surface area (Å²) in [6, 6.07) is 16.9. The Hall–Kier alpha value is -3.23. The first kappa shape index (κ1) is 27.4. The zero-order valence-electron chi connectivity index (χ0n) is 20.2. The van der Waals surface area contributed by atoms with Gasteiger partial charge in [-0.05, 0) is 66.1 Å². The normalized spacial score (nSPS) is 13.1. The molecule has 0 saturated heterocycles.